The summed E-state index contributed by atoms with van der Waals surface area (Å²) in [5.41, 5.74) is 3.89. The third kappa shape index (κ3) is 6.29. The van der Waals surface area contributed by atoms with Gasteiger partial charge in [-0.05, 0) is 23.6 Å². The van der Waals surface area contributed by atoms with E-state index in [-0.39, 0.29) is 6.61 Å². The summed E-state index contributed by atoms with van der Waals surface area (Å²) in [6.07, 6.45) is 4.31. The fourth-order valence-corrected chi connectivity index (χ4v) is 3.83. The van der Waals surface area contributed by atoms with Gasteiger partial charge in [-0.15, -0.1) is 13.2 Å². The van der Waals surface area contributed by atoms with Crippen LogP contribution in [-0.2, 0) is 19.5 Å². The van der Waals surface area contributed by atoms with Gasteiger partial charge in [-0.25, -0.2) is 0 Å². The van der Waals surface area contributed by atoms with Gasteiger partial charge in [-0.2, -0.15) is 0 Å². The van der Waals surface area contributed by atoms with E-state index in [1.807, 2.05) is 30.4 Å². The third-order valence-corrected chi connectivity index (χ3v) is 5.25. The van der Waals surface area contributed by atoms with Crippen molar-refractivity contribution in [3.63, 3.8) is 0 Å². The molecule has 4 nitrogen and oxygen atoms in total. The molecule has 0 spiro atoms. The van der Waals surface area contributed by atoms with Crippen LogP contribution in [0.15, 0.2) is 73.8 Å². The summed E-state index contributed by atoms with van der Waals surface area (Å²) in [4.78, 5) is 4.54. The lowest BCUT2D eigenvalue weighted by atomic mass is 10.00. The largest absolute Gasteiger partial charge is 0.491 e. The maximum atomic E-state index is 10.5. The Morgan fingerprint density at radius 2 is 1.72 bits per heavy atom. The van der Waals surface area contributed by atoms with Crippen molar-refractivity contribution in [2.45, 2.75) is 25.6 Å². The molecule has 0 aliphatic carbocycles. The SMILES string of the molecule is C=CCN(CC=C)Cc1ccccc1OC[C@@H](O)CN1CCc2ccccc2C1. The molecule has 3 rings (SSSR count). The van der Waals surface area contributed by atoms with Crippen LogP contribution in [0.5, 0.6) is 5.75 Å². The minimum atomic E-state index is -0.522. The number of hydrogen-bond donors (Lipinski definition) is 1. The highest BCUT2D eigenvalue weighted by Gasteiger charge is 2.19. The van der Waals surface area contributed by atoms with E-state index in [2.05, 4.69) is 53.3 Å². The Bertz CT molecular complexity index is 795. The van der Waals surface area contributed by atoms with E-state index < -0.39 is 6.10 Å². The van der Waals surface area contributed by atoms with Gasteiger partial charge >= 0.3 is 0 Å². The van der Waals surface area contributed by atoms with Crippen molar-refractivity contribution in [2.75, 3.05) is 32.8 Å². The van der Waals surface area contributed by atoms with Crippen LogP contribution in [0.4, 0.5) is 0 Å². The lowest BCUT2D eigenvalue weighted by Crippen LogP contribution is -2.38. The molecule has 1 atom stereocenters. The molecule has 29 heavy (non-hydrogen) atoms. The molecule has 0 fully saturated rings. The Kier molecular flexibility index (Phi) is 8.05. The lowest BCUT2D eigenvalue weighted by Gasteiger charge is -2.30. The van der Waals surface area contributed by atoms with Crippen molar-refractivity contribution in [1.82, 2.24) is 9.80 Å². The van der Waals surface area contributed by atoms with E-state index in [9.17, 15) is 5.11 Å². The molecule has 4 heteroatoms. The number of nitrogens with zero attached hydrogens (tertiary/aromatic N) is 2. The van der Waals surface area contributed by atoms with Gasteiger partial charge in [-0.1, -0.05) is 54.6 Å². The Labute approximate surface area is 174 Å². The van der Waals surface area contributed by atoms with Gasteiger partial charge in [-0.3, -0.25) is 9.80 Å². The summed E-state index contributed by atoms with van der Waals surface area (Å²) < 4.78 is 6.01. The summed E-state index contributed by atoms with van der Waals surface area (Å²) in [6.45, 7) is 12.8. The molecular weight excluding hydrogens is 360 g/mol. The smallest absolute Gasteiger partial charge is 0.123 e. The molecule has 0 saturated heterocycles. The molecule has 0 bridgehead atoms. The summed E-state index contributed by atoms with van der Waals surface area (Å²) in [5, 5.41) is 10.5. The molecule has 0 aromatic heterocycles. The molecule has 0 unspecified atom stereocenters. The lowest BCUT2D eigenvalue weighted by molar-refractivity contribution is 0.0632. The standard InChI is InChI=1S/C25H32N2O2/c1-3-14-26(15-4-2)18-23-11-7-8-12-25(23)29-20-24(28)19-27-16-13-21-9-5-6-10-22(21)17-27/h3-12,24,28H,1-2,13-20H2/t24-/m0/s1. The highest BCUT2D eigenvalue weighted by atomic mass is 16.5. The second-order valence-corrected chi connectivity index (χ2v) is 7.60. The zero-order valence-electron chi connectivity index (χ0n) is 17.2. The Balaban J connectivity index is 1.53. The first-order chi connectivity index (χ1) is 14.2. The average Bonchev–Trinajstić information content (AvgIpc) is 2.73. The maximum absolute atomic E-state index is 10.5. The van der Waals surface area contributed by atoms with Crippen molar-refractivity contribution in [3.05, 3.63) is 90.5 Å². The van der Waals surface area contributed by atoms with Crippen LogP contribution in [0, 0.1) is 0 Å². The zero-order valence-corrected chi connectivity index (χ0v) is 17.2. The molecule has 1 heterocycles. The number of rotatable bonds is 11. The number of hydrogen-bond acceptors (Lipinski definition) is 4. The van der Waals surface area contributed by atoms with Crippen molar-refractivity contribution < 1.29 is 9.84 Å². The van der Waals surface area contributed by atoms with Gasteiger partial charge in [0, 0.05) is 44.8 Å². The Morgan fingerprint density at radius 1 is 1.03 bits per heavy atom. The first-order valence-corrected chi connectivity index (χ1v) is 10.3. The van der Waals surface area contributed by atoms with Crippen LogP contribution in [-0.4, -0.2) is 53.8 Å². The minimum absolute atomic E-state index is 0.290. The normalized spacial score (nSPS) is 15.0. The molecule has 1 aliphatic rings. The van der Waals surface area contributed by atoms with E-state index in [4.69, 9.17) is 4.74 Å². The highest BCUT2D eigenvalue weighted by Crippen LogP contribution is 2.21. The van der Waals surface area contributed by atoms with Crippen LogP contribution in [0.25, 0.3) is 0 Å². The van der Waals surface area contributed by atoms with Gasteiger partial charge in [0.1, 0.15) is 18.5 Å². The number of benzene rings is 2. The molecule has 2 aromatic rings. The quantitative estimate of drug-likeness (QED) is 0.592. The Hall–Kier alpha value is -2.40. The van der Waals surface area contributed by atoms with Crippen LogP contribution >= 0.6 is 0 Å². The van der Waals surface area contributed by atoms with E-state index in [1.165, 1.54) is 11.1 Å². The number of β-amino-alcohol motifs (C(OH)–C–C–N with tert-alkyl or cyclic N) is 1. The monoisotopic (exact) mass is 392 g/mol. The van der Waals surface area contributed by atoms with Crippen molar-refractivity contribution in [1.29, 1.82) is 0 Å². The number of aliphatic hydroxyl groups is 1. The van der Waals surface area contributed by atoms with E-state index in [0.29, 0.717) is 6.54 Å². The molecular formula is C25H32N2O2. The molecule has 2 aromatic carbocycles. The number of ether oxygens (including phenoxy) is 1. The number of para-hydroxylation sites is 1. The Morgan fingerprint density at radius 3 is 2.48 bits per heavy atom. The van der Waals surface area contributed by atoms with Gasteiger partial charge in [0.15, 0.2) is 0 Å². The molecule has 0 amide bonds. The molecule has 1 N–H and O–H groups in total. The van der Waals surface area contributed by atoms with Crippen LogP contribution in [0.3, 0.4) is 0 Å². The van der Waals surface area contributed by atoms with Crippen molar-refractivity contribution in [3.8, 4) is 5.75 Å². The van der Waals surface area contributed by atoms with Crippen LogP contribution < -0.4 is 4.74 Å². The van der Waals surface area contributed by atoms with Crippen molar-refractivity contribution >= 4 is 0 Å². The van der Waals surface area contributed by atoms with E-state index in [0.717, 1.165) is 50.5 Å². The first-order valence-electron chi connectivity index (χ1n) is 10.3. The van der Waals surface area contributed by atoms with Gasteiger partial charge in [0.25, 0.3) is 0 Å². The van der Waals surface area contributed by atoms with Crippen molar-refractivity contribution in [2.24, 2.45) is 0 Å². The van der Waals surface area contributed by atoms with Gasteiger partial charge in [0.05, 0.1) is 0 Å². The second-order valence-electron chi connectivity index (χ2n) is 7.60. The highest BCUT2D eigenvalue weighted by molar-refractivity contribution is 5.33. The summed E-state index contributed by atoms with van der Waals surface area (Å²) in [7, 11) is 0. The van der Waals surface area contributed by atoms with E-state index >= 15 is 0 Å². The molecule has 154 valence electrons. The maximum Gasteiger partial charge on any atom is 0.123 e. The molecule has 1 aliphatic heterocycles. The topological polar surface area (TPSA) is 35.9 Å². The number of fused-ring (bicyclic) bond motifs is 1. The van der Waals surface area contributed by atoms with Gasteiger partial charge < -0.3 is 9.84 Å². The summed E-state index contributed by atoms with van der Waals surface area (Å²) in [5.74, 6) is 0.827. The van der Waals surface area contributed by atoms with Crippen LogP contribution in [0.1, 0.15) is 16.7 Å². The molecule has 0 saturated carbocycles. The fourth-order valence-electron chi connectivity index (χ4n) is 3.83. The fraction of sp³-hybridized carbons (Fsp3) is 0.360. The summed E-state index contributed by atoms with van der Waals surface area (Å²) >= 11 is 0. The second kappa shape index (κ2) is 11.0. The third-order valence-electron chi connectivity index (χ3n) is 5.25. The number of aliphatic hydroxyl groups excluding tert-OH is 1. The predicted molar refractivity (Wildman–Crippen MR) is 119 cm³/mol. The average molecular weight is 393 g/mol. The summed E-state index contributed by atoms with van der Waals surface area (Å²) in [6, 6.07) is 16.6. The van der Waals surface area contributed by atoms with Gasteiger partial charge in [0.2, 0.25) is 0 Å². The molecule has 0 radical (unpaired) electrons. The first kappa shape index (κ1) is 21.3. The minimum Gasteiger partial charge on any atom is -0.491 e. The zero-order chi connectivity index (χ0) is 20.5. The van der Waals surface area contributed by atoms with Crippen LogP contribution in [0.2, 0.25) is 0 Å². The van der Waals surface area contributed by atoms with E-state index in [1.54, 1.807) is 0 Å². The predicted octanol–water partition coefficient (Wildman–Crippen LogP) is 3.66.